The summed E-state index contributed by atoms with van der Waals surface area (Å²) in [7, 11) is 0. The highest BCUT2D eigenvalue weighted by Gasteiger charge is 2.37. The molecule has 0 radical (unpaired) electrons. The molecule has 1 fully saturated rings. The summed E-state index contributed by atoms with van der Waals surface area (Å²) in [5.41, 5.74) is -0.472. The van der Waals surface area contributed by atoms with E-state index in [9.17, 15) is 9.59 Å². The van der Waals surface area contributed by atoms with Crippen molar-refractivity contribution in [3.63, 3.8) is 0 Å². The summed E-state index contributed by atoms with van der Waals surface area (Å²) in [6.45, 7) is 9.50. The van der Waals surface area contributed by atoms with Gasteiger partial charge in [0.25, 0.3) is 0 Å². The highest BCUT2D eigenvalue weighted by Crippen LogP contribution is 2.20. The van der Waals surface area contributed by atoms with Crippen molar-refractivity contribution in [2.75, 3.05) is 26.3 Å². The van der Waals surface area contributed by atoms with Crippen LogP contribution in [-0.2, 0) is 14.3 Å². The minimum atomic E-state index is -0.489. The van der Waals surface area contributed by atoms with Gasteiger partial charge in [-0.2, -0.15) is 0 Å². The summed E-state index contributed by atoms with van der Waals surface area (Å²) >= 11 is 0. The van der Waals surface area contributed by atoms with Gasteiger partial charge in [0.05, 0.1) is 13.2 Å². The van der Waals surface area contributed by atoms with Crippen molar-refractivity contribution >= 4 is 11.8 Å². The van der Waals surface area contributed by atoms with E-state index < -0.39 is 11.5 Å². The zero-order valence-electron chi connectivity index (χ0n) is 11.8. The van der Waals surface area contributed by atoms with E-state index in [1.54, 1.807) is 4.90 Å². The van der Waals surface area contributed by atoms with E-state index in [1.165, 1.54) is 0 Å². The Labute approximate surface area is 109 Å². The van der Waals surface area contributed by atoms with Gasteiger partial charge >= 0.3 is 0 Å². The van der Waals surface area contributed by atoms with E-state index in [-0.39, 0.29) is 18.4 Å². The maximum atomic E-state index is 12.3. The lowest BCUT2D eigenvalue weighted by molar-refractivity contribution is -0.154. The van der Waals surface area contributed by atoms with Gasteiger partial charge in [-0.3, -0.25) is 9.59 Å². The minimum absolute atomic E-state index is 0.00227. The molecule has 0 aromatic heterocycles. The van der Waals surface area contributed by atoms with Crippen LogP contribution in [0.1, 0.15) is 34.1 Å². The number of hydrogen-bond acceptors (Lipinski definition) is 3. The van der Waals surface area contributed by atoms with E-state index in [4.69, 9.17) is 4.74 Å². The third-order valence-corrected chi connectivity index (χ3v) is 2.88. The summed E-state index contributed by atoms with van der Waals surface area (Å²) in [5.74, 6) is -0.114. The molecule has 1 aliphatic heterocycles. The number of hydrogen-bond donors (Lipinski definition) is 1. The first-order valence-electron chi connectivity index (χ1n) is 6.54. The number of carbonyl (C=O) groups is 2. The molecule has 1 unspecified atom stereocenters. The minimum Gasteiger partial charge on any atom is -0.377 e. The van der Waals surface area contributed by atoms with Gasteiger partial charge in [0, 0.05) is 18.5 Å². The van der Waals surface area contributed by atoms with Crippen LogP contribution in [0.25, 0.3) is 0 Å². The number of ether oxygens (including phenoxy) is 1. The Morgan fingerprint density at radius 3 is 2.61 bits per heavy atom. The van der Waals surface area contributed by atoms with Crippen molar-refractivity contribution < 1.29 is 14.3 Å². The molecule has 0 aromatic rings. The second kappa shape index (κ2) is 6.18. The van der Waals surface area contributed by atoms with Crippen LogP contribution in [0, 0.1) is 5.41 Å². The molecule has 1 saturated heterocycles. The Bertz CT molecular complexity index is 310. The topological polar surface area (TPSA) is 58.6 Å². The SMILES string of the molecule is CCCNC(=O)C1COCCN1C(=O)C(C)(C)C. The van der Waals surface area contributed by atoms with E-state index in [1.807, 2.05) is 27.7 Å². The maximum absolute atomic E-state index is 12.3. The van der Waals surface area contributed by atoms with E-state index in [0.717, 1.165) is 6.42 Å². The Morgan fingerprint density at radius 2 is 2.06 bits per heavy atom. The number of nitrogens with one attached hydrogen (secondary N) is 1. The van der Waals surface area contributed by atoms with Crippen LogP contribution in [0.4, 0.5) is 0 Å². The molecule has 5 nitrogen and oxygen atoms in total. The van der Waals surface area contributed by atoms with Crippen LogP contribution in [-0.4, -0.2) is 49.1 Å². The summed E-state index contributed by atoms with van der Waals surface area (Å²) < 4.78 is 5.32. The Hall–Kier alpha value is -1.10. The highest BCUT2D eigenvalue weighted by molar-refractivity contribution is 5.90. The molecular weight excluding hydrogens is 232 g/mol. The Balaban J connectivity index is 2.74. The molecule has 0 saturated carbocycles. The van der Waals surface area contributed by atoms with Crippen LogP contribution in [0.2, 0.25) is 0 Å². The standard InChI is InChI=1S/C13H24N2O3/c1-5-6-14-11(16)10-9-18-8-7-15(10)12(17)13(2,3)4/h10H,5-9H2,1-4H3,(H,14,16). The molecule has 1 N–H and O–H groups in total. The van der Waals surface area contributed by atoms with Gasteiger partial charge in [0.1, 0.15) is 6.04 Å². The predicted molar refractivity (Wildman–Crippen MR) is 69.1 cm³/mol. The molecule has 0 aliphatic carbocycles. The van der Waals surface area contributed by atoms with E-state index in [2.05, 4.69) is 5.32 Å². The highest BCUT2D eigenvalue weighted by atomic mass is 16.5. The molecule has 104 valence electrons. The van der Waals surface area contributed by atoms with Gasteiger partial charge in [0.15, 0.2) is 0 Å². The fourth-order valence-corrected chi connectivity index (χ4v) is 1.86. The lowest BCUT2D eigenvalue weighted by Crippen LogP contribution is -2.58. The average Bonchev–Trinajstić information content (AvgIpc) is 2.34. The molecule has 2 amide bonds. The molecule has 1 atom stereocenters. The third kappa shape index (κ3) is 3.70. The molecular formula is C13H24N2O3. The summed E-state index contributed by atoms with van der Waals surface area (Å²) in [4.78, 5) is 26.0. The molecule has 0 spiro atoms. The molecule has 1 aliphatic rings. The zero-order chi connectivity index (χ0) is 13.8. The first-order valence-corrected chi connectivity index (χ1v) is 6.54. The molecule has 0 bridgehead atoms. The quantitative estimate of drug-likeness (QED) is 0.812. The van der Waals surface area contributed by atoms with Crippen molar-refractivity contribution in [1.82, 2.24) is 10.2 Å². The van der Waals surface area contributed by atoms with E-state index in [0.29, 0.717) is 19.7 Å². The summed E-state index contributed by atoms with van der Waals surface area (Å²) in [5, 5.41) is 2.83. The maximum Gasteiger partial charge on any atom is 0.245 e. The number of morpholine rings is 1. The third-order valence-electron chi connectivity index (χ3n) is 2.88. The largest absolute Gasteiger partial charge is 0.377 e. The van der Waals surface area contributed by atoms with E-state index >= 15 is 0 Å². The molecule has 18 heavy (non-hydrogen) atoms. The monoisotopic (exact) mass is 256 g/mol. The van der Waals surface area contributed by atoms with Crippen molar-refractivity contribution in [3.8, 4) is 0 Å². The van der Waals surface area contributed by atoms with Crippen molar-refractivity contribution in [1.29, 1.82) is 0 Å². The fourth-order valence-electron chi connectivity index (χ4n) is 1.86. The van der Waals surface area contributed by atoms with Crippen LogP contribution in [0.3, 0.4) is 0 Å². The lowest BCUT2D eigenvalue weighted by Gasteiger charge is -2.38. The number of carbonyl (C=O) groups excluding carboxylic acids is 2. The number of nitrogens with zero attached hydrogens (tertiary/aromatic N) is 1. The van der Waals surface area contributed by atoms with Gasteiger partial charge < -0.3 is 15.0 Å². The molecule has 5 heteroatoms. The fraction of sp³-hybridized carbons (Fsp3) is 0.846. The molecule has 1 heterocycles. The van der Waals surface area contributed by atoms with Crippen molar-refractivity contribution in [2.45, 2.75) is 40.2 Å². The summed E-state index contributed by atoms with van der Waals surface area (Å²) in [6.07, 6.45) is 0.881. The molecule has 1 rings (SSSR count). The Kier molecular flexibility index (Phi) is 5.14. The van der Waals surface area contributed by atoms with Gasteiger partial charge in [-0.05, 0) is 6.42 Å². The van der Waals surface area contributed by atoms with Gasteiger partial charge in [0.2, 0.25) is 11.8 Å². The van der Waals surface area contributed by atoms with Gasteiger partial charge in [-0.25, -0.2) is 0 Å². The van der Waals surface area contributed by atoms with Gasteiger partial charge in [-0.15, -0.1) is 0 Å². The average molecular weight is 256 g/mol. The van der Waals surface area contributed by atoms with Crippen molar-refractivity contribution in [2.24, 2.45) is 5.41 Å². The smallest absolute Gasteiger partial charge is 0.245 e. The lowest BCUT2D eigenvalue weighted by atomic mass is 9.93. The normalized spacial score (nSPS) is 20.7. The molecule has 0 aromatic carbocycles. The van der Waals surface area contributed by atoms with Crippen LogP contribution < -0.4 is 5.32 Å². The van der Waals surface area contributed by atoms with Gasteiger partial charge in [-0.1, -0.05) is 27.7 Å². The Morgan fingerprint density at radius 1 is 1.39 bits per heavy atom. The van der Waals surface area contributed by atoms with Crippen LogP contribution >= 0.6 is 0 Å². The first-order chi connectivity index (χ1) is 8.38. The number of amides is 2. The van der Waals surface area contributed by atoms with Crippen molar-refractivity contribution in [3.05, 3.63) is 0 Å². The number of rotatable bonds is 3. The second-order valence-electron chi connectivity index (χ2n) is 5.63. The summed E-state index contributed by atoms with van der Waals surface area (Å²) in [6, 6.07) is -0.489. The predicted octanol–water partition coefficient (Wildman–Crippen LogP) is 0.786. The second-order valence-corrected chi connectivity index (χ2v) is 5.63. The first kappa shape index (κ1) is 15.0. The zero-order valence-corrected chi connectivity index (χ0v) is 11.8. The van der Waals surface area contributed by atoms with Crippen LogP contribution in [0.15, 0.2) is 0 Å². The van der Waals surface area contributed by atoms with Crippen LogP contribution in [0.5, 0.6) is 0 Å².